The molecule has 0 saturated carbocycles. The molecular formula is C7H6ClF3O4. The van der Waals surface area contributed by atoms with Gasteiger partial charge < -0.3 is 9.47 Å². The molecule has 0 rings (SSSR count). The standard InChI is InChI=1S/C7H6ClF3O4/c1-4(8)6(13)14-2-5(12)15-3-7(9,10)11/h1-3H2. The van der Waals surface area contributed by atoms with Gasteiger partial charge in [-0.15, -0.1) is 0 Å². The molecular weight excluding hydrogens is 241 g/mol. The molecule has 0 aliphatic rings. The van der Waals surface area contributed by atoms with Crippen molar-refractivity contribution in [3.05, 3.63) is 11.6 Å². The van der Waals surface area contributed by atoms with E-state index in [1.807, 2.05) is 0 Å². The van der Waals surface area contributed by atoms with Crippen molar-refractivity contribution in [3.8, 4) is 0 Å². The first-order valence-corrected chi connectivity index (χ1v) is 3.84. The van der Waals surface area contributed by atoms with E-state index in [1.54, 1.807) is 0 Å². The molecule has 0 aromatic rings. The van der Waals surface area contributed by atoms with Gasteiger partial charge in [0, 0.05) is 0 Å². The molecule has 0 unspecified atom stereocenters. The topological polar surface area (TPSA) is 52.6 Å². The Morgan fingerprint density at radius 1 is 1.27 bits per heavy atom. The monoisotopic (exact) mass is 246 g/mol. The molecule has 0 radical (unpaired) electrons. The molecule has 0 aromatic carbocycles. The zero-order valence-corrected chi connectivity index (χ0v) is 8.02. The lowest BCUT2D eigenvalue weighted by Crippen LogP contribution is -2.23. The summed E-state index contributed by atoms with van der Waals surface area (Å²) < 4.78 is 42.4. The van der Waals surface area contributed by atoms with Crippen molar-refractivity contribution >= 4 is 23.5 Å². The molecule has 0 bridgehead atoms. The van der Waals surface area contributed by atoms with E-state index in [-0.39, 0.29) is 0 Å². The van der Waals surface area contributed by atoms with Crippen LogP contribution in [0, 0.1) is 0 Å². The van der Waals surface area contributed by atoms with Gasteiger partial charge in [0.25, 0.3) is 0 Å². The highest BCUT2D eigenvalue weighted by Crippen LogP contribution is 2.14. The van der Waals surface area contributed by atoms with Gasteiger partial charge in [-0.05, 0) is 0 Å². The Hall–Kier alpha value is -1.24. The summed E-state index contributed by atoms with van der Waals surface area (Å²) in [5.74, 6) is -2.42. The number of carbonyl (C=O) groups is 2. The molecule has 0 atom stereocenters. The molecule has 0 N–H and O–H groups in total. The minimum atomic E-state index is -4.62. The van der Waals surface area contributed by atoms with Crippen LogP contribution in [0.3, 0.4) is 0 Å². The third kappa shape index (κ3) is 7.80. The molecule has 0 saturated heterocycles. The van der Waals surface area contributed by atoms with Crippen LogP contribution in [-0.2, 0) is 19.1 Å². The van der Waals surface area contributed by atoms with Crippen LogP contribution in [0.15, 0.2) is 11.6 Å². The first-order chi connectivity index (χ1) is 6.72. The van der Waals surface area contributed by atoms with Gasteiger partial charge in [0.05, 0.1) is 0 Å². The van der Waals surface area contributed by atoms with Crippen LogP contribution in [0.25, 0.3) is 0 Å². The molecule has 0 amide bonds. The highest BCUT2D eigenvalue weighted by atomic mass is 35.5. The van der Waals surface area contributed by atoms with Crippen molar-refractivity contribution in [2.75, 3.05) is 13.2 Å². The highest BCUT2D eigenvalue weighted by Gasteiger charge is 2.29. The molecule has 86 valence electrons. The maximum atomic E-state index is 11.5. The van der Waals surface area contributed by atoms with E-state index in [1.165, 1.54) is 0 Å². The lowest BCUT2D eigenvalue weighted by molar-refractivity contribution is -0.189. The van der Waals surface area contributed by atoms with E-state index < -0.39 is 36.4 Å². The van der Waals surface area contributed by atoms with Crippen molar-refractivity contribution < 1.29 is 32.2 Å². The predicted molar refractivity (Wildman–Crippen MR) is 43.0 cm³/mol. The minimum absolute atomic E-state index is 0.487. The average Bonchev–Trinajstić information content (AvgIpc) is 2.09. The van der Waals surface area contributed by atoms with Gasteiger partial charge in [0.1, 0.15) is 5.03 Å². The van der Waals surface area contributed by atoms with E-state index in [0.29, 0.717) is 0 Å². The van der Waals surface area contributed by atoms with Gasteiger partial charge in [0.15, 0.2) is 13.2 Å². The van der Waals surface area contributed by atoms with Crippen molar-refractivity contribution in [1.82, 2.24) is 0 Å². The predicted octanol–water partition coefficient (Wildman–Crippen LogP) is 1.39. The Kier molecular flexibility index (Phi) is 5.13. The number of esters is 2. The smallest absolute Gasteiger partial charge is 0.422 e. The van der Waals surface area contributed by atoms with Crippen LogP contribution < -0.4 is 0 Å². The summed E-state index contributed by atoms with van der Waals surface area (Å²) in [6.07, 6.45) is -4.62. The number of rotatable bonds is 4. The number of carbonyl (C=O) groups excluding carboxylic acids is 2. The van der Waals surface area contributed by atoms with E-state index in [4.69, 9.17) is 11.6 Å². The summed E-state index contributed by atoms with van der Waals surface area (Å²) in [5, 5.41) is -0.487. The Balaban J connectivity index is 3.77. The second-order valence-corrected chi connectivity index (χ2v) is 2.71. The van der Waals surface area contributed by atoms with Crippen LogP contribution in [0.4, 0.5) is 13.2 Å². The van der Waals surface area contributed by atoms with Crippen molar-refractivity contribution in [1.29, 1.82) is 0 Å². The van der Waals surface area contributed by atoms with Gasteiger partial charge in [-0.2, -0.15) is 13.2 Å². The van der Waals surface area contributed by atoms with Gasteiger partial charge in [-0.3, -0.25) is 0 Å². The summed E-state index contributed by atoms with van der Waals surface area (Å²) in [5.41, 5.74) is 0. The van der Waals surface area contributed by atoms with E-state index in [9.17, 15) is 22.8 Å². The summed E-state index contributed by atoms with van der Waals surface area (Å²) in [7, 11) is 0. The Morgan fingerprint density at radius 2 is 1.80 bits per heavy atom. The Labute approximate surface area is 87.6 Å². The van der Waals surface area contributed by atoms with Crippen LogP contribution in [-0.4, -0.2) is 31.3 Å². The third-order valence-electron chi connectivity index (χ3n) is 0.939. The first kappa shape index (κ1) is 13.8. The SMILES string of the molecule is C=C(Cl)C(=O)OCC(=O)OCC(F)(F)F. The van der Waals surface area contributed by atoms with E-state index in [2.05, 4.69) is 16.1 Å². The summed E-state index contributed by atoms with van der Waals surface area (Å²) >= 11 is 5.06. The highest BCUT2D eigenvalue weighted by molar-refractivity contribution is 6.40. The lowest BCUT2D eigenvalue weighted by atomic mass is 10.6. The zero-order chi connectivity index (χ0) is 12.1. The number of hydrogen-bond donors (Lipinski definition) is 0. The van der Waals surface area contributed by atoms with Crippen molar-refractivity contribution in [2.45, 2.75) is 6.18 Å². The molecule has 0 fully saturated rings. The maximum Gasteiger partial charge on any atom is 0.422 e. The number of alkyl halides is 3. The fourth-order valence-electron chi connectivity index (χ4n) is 0.407. The fraction of sp³-hybridized carbons (Fsp3) is 0.429. The summed E-state index contributed by atoms with van der Waals surface area (Å²) in [6, 6.07) is 0. The third-order valence-corrected chi connectivity index (χ3v) is 1.09. The van der Waals surface area contributed by atoms with E-state index >= 15 is 0 Å². The zero-order valence-electron chi connectivity index (χ0n) is 7.27. The first-order valence-electron chi connectivity index (χ1n) is 3.46. The molecule has 0 spiro atoms. The second kappa shape index (κ2) is 5.59. The van der Waals surface area contributed by atoms with Crippen molar-refractivity contribution in [3.63, 3.8) is 0 Å². The molecule has 0 heterocycles. The minimum Gasteiger partial charge on any atom is -0.454 e. The molecule has 8 heteroatoms. The summed E-state index contributed by atoms with van der Waals surface area (Å²) in [6.45, 7) is 0.302. The van der Waals surface area contributed by atoms with Gasteiger partial charge >= 0.3 is 18.1 Å². The van der Waals surface area contributed by atoms with Crippen LogP contribution >= 0.6 is 11.6 Å². The summed E-state index contributed by atoms with van der Waals surface area (Å²) in [4.78, 5) is 21.1. The lowest BCUT2D eigenvalue weighted by Gasteiger charge is -2.07. The number of halogens is 4. The fourth-order valence-corrected chi connectivity index (χ4v) is 0.461. The Morgan fingerprint density at radius 3 is 2.20 bits per heavy atom. The number of hydrogen-bond acceptors (Lipinski definition) is 4. The normalized spacial score (nSPS) is 10.7. The van der Waals surface area contributed by atoms with Gasteiger partial charge in [0.2, 0.25) is 0 Å². The largest absolute Gasteiger partial charge is 0.454 e. The molecule has 0 aromatic heterocycles. The Bertz CT molecular complexity index is 274. The van der Waals surface area contributed by atoms with Gasteiger partial charge in [-0.1, -0.05) is 18.2 Å². The number of ether oxygens (including phenoxy) is 2. The van der Waals surface area contributed by atoms with Crippen LogP contribution in [0.5, 0.6) is 0 Å². The van der Waals surface area contributed by atoms with Crippen LogP contribution in [0.2, 0.25) is 0 Å². The molecule has 4 nitrogen and oxygen atoms in total. The molecule has 15 heavy (non-hydrogen) atoms. The quantitative estimate of drug-likeness (QED) is 0.556. The molecule has 0 aliphatic carbocycles. The van der Waals surface area contributed by atoms with Crippen LogP contribution in [0.1, 0.15) is 0 Å². The average molecular weight is 247 g/mol. The van der Waals surface area contributed by atoms with E-state index in [0.717, 1.165) is 0 Å². The van der Waals surface area contributed by atoms with Gasteiger partial charge in [-0.25, -0.2) is 9.59 Å². The van der Waals surface area contributed by atoms with Crippen molar-refractivity contribution in [2.24, 2.45) is 0 Å². The second-order valence-electron chi connectivity index (χ2n) is 2.26. The maximum absolute atomic E-state index is 11.5. The molecule has 0 aliphatic heterocycles.